The average molecular weight is 256 g/mol. The summed E-state index contributed by atoms with van der Waals surface area (Å²) < 4.78 is 2.04. The van der Waals surface area contributed by atoms with Crippen molar-refractivity contribution in [2.45, 2.75) is 19.8 Å². The molecule has 1 unspecified atom stereocenters. The molecule has 2 heterocycles. The molecule has 1 fully saturated rings. The number of amides is 1. The van der Waals surface area contributed by atoms with Crippen molar-refractivity contribution >= 4 is 16.8 Å². The van der Waals surface area contributed by atoms with Crippen LogP contribution in [-0.2, 0) is 7.05 Å². The van der Waals surface area contributed by atoms with Gasteiger partial charge in [0, 0.05) is 37.2 Å². The molecule has 19 heavy (non-hydrogen) atoms. The number of likely N-dealkylation sites (tertiary alicyclic amines) is 1. The van der Waals surface area contributed by atoms with Gasteiger partial charge in [0.1, 0.15) is 0 Å². The third kappa shape index (κ3) is 2.14. The number of hydrogen-bond acceptors (Lipinski definition) is 1. The molecule has 1 atom stereocenters. The Kier molecular flexibility index (Phi) is 3.05. The molecule has 0 aliphatic carbocycles. The second kappa shape index (κ2) is 4.72. The molecule has 0 saturated carbocycles. The highest BCUT2D eigenvalue weighted by Gasteiger charge is 2.24. The van der Waals surface area contributed by atoms with Crippen LogP contribution in [-0.4, -0.2) is 28.5 Å². The smallest absolute Gasteiger partial charge is 0.256 e. The Bertz CT molecular complexity index is 614. The lowest BCUT2D eigenvalue weighted by Crippen LogP contribution is -2.39. The van der Waals surface area contributed by atoms with Crippen LogP contribution in [0.2, 0.25) is 0 Å². The van der Waals surface area contributed by atoms with Crippen LogP contribution in [0.15, 0.2) is 30.5 Å². The molecule has 1 aromatic heterocycles. The summed E-state index contributed by atoms with van der Waals surface area (Å²) >= 11 is 0. The lowest BCUT2D eigenvalue weighted by molar-refractivity contribution is 0.0685. The van der Waals surface area contributed by atoms with E-state index in [2.05, 4.69) is 13.0 Å². The highest BCUT2D eigenvalue weighted by atomic mass is 16.2. The summed E-state index contributed by atoms with van der Waals surface area (Å²) in [6, 6.07) is 8.11. The Morgan fingerprint density at radius 3 is 2.89 bits per heavy atom. The first-order valence-corrected chi connectivity index (χ1v) is 7.00. The second-order valence-electron chi connectivity index (χ2n) is 5.67. The van der Waals surface area contributed by atoms with Crippen molar-refractivity contribution in [2.75, 3.05) is 13.1 Å². The van der Waals surface area contributed by atoms with Crippen LogP contribution >= 0.6 is 0 Å². The number of carbonyl (C=O) groups is 1. The third-order valence-electron chi connectivity index (χ3n) is 4.07. The van der Waals surface area contributed by atoms with Gasteiger partial charge in [-0.05, 0) is 24.8 Å². The van der Waals surface area contributed by atoms with Crippen molar-refractivity contribution in [1.29, 1.82) is 0 Å². The van der Waals surface area contributed by atoms with E-state index in [1.54, 1.807) is 0 Å². The number of aromatic nitrogens is 1. The van der Waals surface area contributed by atoms with E-state index in [0.717, 1.165) is 36.0 Å². The van der Waals surface area contributed by atoms with Crippen LogP contribution in [0.1, 0.15) is 30.1 Å². The maximum absolute atomic E-state index is 12.7. The molecule has 3 heteroatoms. The molecule has 1 aromatic carbocycles. The largest absolute Gasteiger partial charge is 0.350 e. The number of benzene rings is 1. The van der Waals surface area contributed by atoms with Gasteiger partial charge in [-0.2, -0.15) is 0 Å². The van der Waals surface area contributed by atoms with Gasteiger partial charge in [0.05, 0.1) is 5.56 Å². The molecule has 1 aliphatic heterocycles. The predicted molar refractivity (Wildman–Crippen MR) is 77.2 cm³/mol. The summed E-state index contributed by atoms with van der Waals surface area (Å²) in [5, 5.41) is 1.06. The van der Waals surface area contributed by atoms with Gasteiger partial charge in [0.25, 0.3) is 5.91 Å². The maximum Gasteiger partial charge on any atom is 0.256 e. The Morgan fingerprint density at radius 2 is 2.11 bits per heavy atom. The number of rotatable bonds is 1. The summed E-state index contributed by atoms with van der Waals surface area (Å²) in [6.07, 6.45) is 4.32. The topological polar surface area (TPSA) is 25.2 Å². The van der Waals surface area contributed by atoms with Gasteiger partial charge in [-0.25, -0.2) is 0 Å². The van der Waals surface area contributed by atoms with Crippen LogP contribution in [0.5, 0.6) is 0 Å². The van der Waals surface area contributed by atoms with E-state index >= 15 is 0 Å². The minimum absolute atomic E-state index is 0.184. The fourth-order valence-corrected chi connectivity index (χ4v) is 3.06. The van der Waals surface area contributed by atoms with Gasteiger partial charge in [-0.3, -0.25) is 4.79 Å². The fourth-order valence-electron chi connectivity index (χ4n) is 3.06. The molecule has 0 radical (unpaired) electrons. The maximum atomic E-state index is 12.7. The van der Waals surface area contributed by atoms with E-state index in [1.807, 2.05) is 40.9 Å². The highest BCUT2D eigenvalue weighted by molar-refractivity contribution is 6.07. The molecule has 0 spiro atoms. The molecule has 2 aromatic rings. The van der Waals surface area contributed by atoms with Crippen molar-refractivity contribution in [2.24, 2.45) is 13.0 Å². The van der Waals surface area contributed by atoms with Crippen LogP contribution in [0, 0.1) is 5.92 Å². The number of fused-ring (bicyclic) bond motifs is 1. The second-order valence-corrected chi connectivity index (χ2v) is 5.67. The molecule has 3 rings (SSSR count). The Labute approximate surface area is 113 Å². The van der Waals surface area contributed by atoms with Gasteiger partial charge < -0.3 is 9.47 Å². The van der Waals surface area contributed by atoms with E-state index < -0.39 is 0 Å². The highest BCUT2D eigenvalue weighted by Crippen LogP contribution is 2.24. The predicted octanol–water partition coefficient (Wildman–Crippen LogP) is 3.05. The third-order valence-corrected chi connectivity index (χ3v) is 4.07. The molecule has 0 bridgehead atoms. The van der Waals surface area contributed by atoms with Crippen LogP contribution in [0.25, 0.3) is 10.9 Å². The molecule has 1 amide bonds. The minimum Gasteiger partial charge on any atom is -0.350 e. The number of aryl methyl sites for hydroxylation is 1. The van der Waals surface area contributed by atoms with Gasteiger partial charge in [0.15, 0.2) is 0 Å². The van der Waals surface area contributed by atoms with Crippen molar-refractivity contribution in [3.8, 4) is 0 Å². The SMILES string of the molecule is CC1CCCN(C(=O)c2cn(C)c3ccccc23)C1. The van der Waals surface area contributed by atoms with Gasteiger partial charge in [0.2, 0.25) is 0 Å². The minimum atomic E-state index is 0.184. The van der Waals surface area contributed by atoms with Crippen molar-refractivity contribution in [3.05, 3.63) is 36.0 Å². The van der Waals surface area contributed by atoms with Crippen molar-refractivity contribution in [1.82, 2.24) is 9.47 Å². The number of para-hydroxylation sites is 1. The zero-order chi connectivity index (χ0) is 13.4. The number of nitrogens with zero attached hydrogens (tertiary/aromatic N) is 2. The molecule has 1 aliphatic rings. The lowest BCUT2D eigenvalue weighted by Gasteiger charge is -2.30. The van der Waals surface area contributed by atoms with Crippen LogP contribution in [0.4, 0.5) is 0 Å². The summed E-state index contributed by atoms with van der Waals surface area (Å²) in [5.74, 6) is 0.802. The van der Waals surface area contributed by atoms with E-state index in [9.17, 15) is 4.79 Å². The Morgan fingerprint density at radius 1 is 1.32 bits per heavy atom. The van der Waals surface area contributed by atoms with Gasteiger partial charge >= 0.3 is 0 Å². The van der Waals surface area contributed by atoms with E-state index in [1.165, 1.54) is 6.42 Å². The summed E-state index contributed by atoms with van der Waals surface area (Å²) in [7, 11) is 2.00. The first-order valence-electron chi connectivity index (χ1n) is 7.00. The molecule has 3 nitrogen and oxygen atoms in total. The van der Waals surface area contributed by atoms with Crippen molar-refractivity contribution < 1.29 is 4.79 Å². The quantitative estimate of drug-likeness (QED) is 0.770. The van der Waals surface area contributed by atoms with E-state index in [0.29, 0.717) is 5.92 Å². The van der Waals surface area contributed by atoms with Crippen LogP contribution in [0.3, 0.4) is 0 Å². The zero-order valence-corrected chi connectivity index (χ0v) is 11.6. The Balaban J connectivity index is 1.97. The summed E-state index contributed by atoms with van der Waals surface area (Å²) in [4.78, 5) is 14.7. The van der Waals surface area contributed by atoms with E-state index in [4.69, 9.17) is 0 Å². The zero-order valence-electron chi connectivity index (χ0n) is 11.6. The van der Waals surface area contributed by atoms with Crippen LogP contribution < -0.4 is 0 Å². The van der Waals surface area contributed by atoms with Gasteiger partial charge in [-0.15, -0.1) is 0 Å². The van der Waals surface area contributed by atoms with E-state index in [-0.39, 0.29) is 5.91 Å². The van der Waals surface area contributed by atoms with Crippen molar-refractivity contribution in [3.63, 3.8) is 0 Å². The monoisotopic (exact) mass is 256 g/mol. The number of carbonyl (C=O) groups excluding carboxylic acids is 1. The lowest BCUT2D eigenvalue weighted by atomic mass is 9.99. The molecule has 1 saturated heterocycles. The summed E-state index contributed by atoms with van der Waals surface area (Å²) in [5.41, 5.74) is 1.96. The number of hydrogen-bond donors (Lipinski definition) is 0. The molecular formula is C16H20N2O. The number of piperidine rings is 1. The normalized spacial score (nSPS) is 19.9. The molecule has 100 valence electrons. The standard InChI is InChI=1S/C16H20N2O/c1-12-6-5-9-18(10-12)16(19)14-11-17(2)15-8-4-3-7-13(14)15/h3-4,7-8,11-12H,5-6,9-10H2,1-2H3. The fraction of sp³-hybridized carbons (Fsp3) is 0.438. The van der Waals surface area contributed by atoms with Gasteiger partial charge in [-0.1, -0.05) is 25.1 Å². The first-order chi connectivity index (χ1) is 9.16. The Hall–Kier alpha value is -1.77. The molecular weight excluding hydrogens is 236 g/mol. The average Bonchev–Trinajstić information content (AvgIpc) is 2.76. The first kappa shape index (κ1) is 12.3. The summed E-state index contributed by atoms with van der Waals surface area (Å²) in [6.45, 7) is 4.01. The molecule has 0 N–H and O–H groups in total.